The minimum absolute atomic E-state index is 0.0147. The van der Waals surface area contributed by atoms with Crippen LogP contribution in [0.2, 0.25) is 0 Å². The van der Waals surface area contributed by atoms with Gasteiger partial charge in [-0.15, -0.1) is 10.2 Å². The van der Waals surface area contributed by atoms with Crippen LogP contribution >= 0.6 is 21.6 Å². The number of carbonyl (C=O) groups is 11. The van der Waals surface area contributed by atoms with E-state index in [4.69, 9.17) is 22.9 Å². The van der Waals surface area contributed by atoms with Crippen molar-refractivity contribution in [1.29, 1.82) is 0 Å². The average molecular weight is 1080 g/mol. The number of nitrogens with zero attached hydrogens (tertiary/aromatic N) is 5. The van der Waals surface area contributed by atoms with E-state index in [9.17, 15) is 47.9 Å². The standard InChI is InChI=1S/C48H68N14O11S2/c1-27(2)20-32(41(66)53-24-40(52)65)56-44(69)35-16-11-19-60(35)47(72)34-26-75-74-25-30(49)46(71)62-37(22-29-14-9-6-10-15-29)48(73)61(58(3)59(62)4)36(21-28-12-7-5-8-13-28)45(70)54-31(17-18-38(50)63)42(67)55-33(23-39(51)64)43(68)57-34/h5-10,12-15,27,30-37H,11,16-26,49H2,1-4H3,(H2,50,63)(H2,51,64)(H2,52,65)(H,53,66)(H,54,70)(H,55,67)(H,56,69)(H,57,68)/t30-,31-,32-,33-,34-,35-,36+,37+/m0/s1. The number of benzene rings is 2. The fourth-order valence-electron chi connectivity index (χ4n) is 8.87. The zero-order chi connectivity index (χ0) is 55.1. The van der Waals surface area contributed by atoms with Crippen LogP contribution in [0.5, 0.6) is 0 Å². The quantitative estimate of drug-likeness (QED) is 0.0561. The van der Waals surface area contributed by atoms with Gasteiger partial charge < -0.3 is 54.4 Å². The number of nitrogens with two attached hydrogens (primary N) is 4. The average Bonchev–Trinajstić information content (AvgIpc) is 3.86. The highest BCUT2D eigenvalue weighted by atomic mass is 33.1. The van der Waals surface area contributed by atoms with Crippen LogP contribution in [0.25, 0.3) is 0 Å². The first-order valence-corrected chi connectivity index (χ1v) is 26.9. The zero-order valence-corrected chi connectivity index (χ0v) is 43.9. The number of likely N-dealkylation sites (tertiary alicyclic amines) is 1. The molecule has 0 aliphatic carbocycles. The number of rotatable bonds is 17. The SMILES string of the molecule is CC(C)C[C@H](NC(=O)[C@@H]1CCCN1C(=O)[C@@H]1CSSC[C@H](N)C(=O)N2[C@H](Cc3ccccc3)C(=O)N([C@H](Cc3ccccc3)C(=O)N[C@@H](CCC(N)=O)C(=O)N[C@@H](CC(N)=O)C(=O)N1)N(C)N2C)C(=O)NCC(N)=O. The van der Waals surface area contributed by atoms with Crippen LogP contribution in [0.1, 0.15) is 63.5 Å². The predicted molar refractivity (Wildman–Crippen MR) is 276 cm³/mol. The van der Waals surface area contributed by atoms with Crippen molar-refractivity contribution in [2.75, 3.05) is 38.7 Å². The van der Waals surface area contributed by atoms with Crippen LogP contribution in [0.15, 0.2) is 60.7 Å². The molecule has 2 aromatic rings. The molecule has 27 heteroatoms. The number of hydrogen-bond acceptors (Lipinski definition) is 16. The Kier molecular flexibility index (Phi) is 21.8. The van der Waals surface area contributed by atoms with Gasteiger partial charge in [0.05, 0.1) is 19.0 Å². The number of fused-ring (bicyclic) bond motifs is 17. The molecule has 408 valence electrons. The van der Waals surface area contributed by atoms with Crippen molar-refractivity contribution < 1.29 is 52.7 Å². The van der Waals surface area contributed by atoms with E-state index in [1.54, 1.807) is 60.7 Å². The second-order valence-electron chi connectivity index (χ2n) is 18.9. The summed E-state index contributed by atoms with van der Waals surface area (Å²) >= 11 is 0. The van der Waals surface area contributed by atoms with Crippen molar-refractivity contribution in [1.82, 2.24) is 51.7 Å². The Hall–Kier alpha value is -6.81. The van der Waals surface area contributed by atoms with Crippen LogP contribution in [-0.2, 0) is 65.6 Å². The lowest BCUT2D eigenvalue weighted by Crippen LogP contribution is -2.75. The summed E-state index contributed by atoms with van der Waals surface area (Å²) in [6.45, 7) is 3.23. The maximum absolute atomic E-state index is 15.1. The summed E-state index contributed by atoms with van der Waals surface area (Å²) < 4.78 is 0. The lowest BCUT2D eigenvalue weighted by Gasteiger charge is -2.53. The van der Waals surface area contributed by atoms with E-state index in [0.29, 0.717) is 17.5 Å². The molecule has 4 aliphatic rings. The van der Waals surface area contributed by atoms with Crippen LogP contribution in [0.3, 0.4) is 0 Å². The number of primary amides is 3. The van der Waals surface area contributed by atoms with Crippen molar-refractivity contribution in [2.24, 2.45) is 28.9 Å². The molecule has 8 atom stereocenters. The summed E-state index contributed by atoms with van der Waals surface area (Å²) in [6, 6.07) is 6.54. The third kappa shape index (κ3) is 16.3. The largest absolute Gasteiger partial charge is 0.370 e. The Morgan fingerprint density at radius 3 is 1.84 bits per heavy atom. The third-order valence-electron chi connectivity index (χ3n) is 12.7. The van der Waals surface area contributed by atoms with E-state index in [0.717, 1.165) is 21.6 Å². The normalized spacial score (nSPS) is 24.2. The van der Waals surface area contributed by atoms with Gasteiger partial charge in [-0.25, -0.2) is 10.0 Å². The second-order valence-corrected chi connectivity index (χ2v) is 21.4. The highest BCUT2D eigenvalue weighted by Crippen LogP contribution is 2.29. The third-order valence-corrected chi connectivity index (χ3v) is 15.1. The number of hydrogen-bond donors (Lipinski definition) is 9. The topological polar surface area (TPSA) is 368 Å². The van der Waals surface area contributed by atoms with Gasteiger partial charge in [0, 0.05) is 51.4 Å². The minimum Gasteiger partial charge on any atom is -0.370 e. The molecule has 2 bridgehead atoms. The van der Waals surface area contributed by atoms with E-state index in [-0.39, 0.29) is 49.7 Å². The van der Waals surface area contributed by atoms with Gasteiger partial charge in [-0.2, -0.15) is 0 Å². The Labute approximate surface area is 442 Å². The van der Waals surface area contributed by atoms with Crippen molar-refractivity contribution in [3.8, 4) is 0 Å². The lowest BCUT2D eigenvalue weighted by molar-refractivity contribution is -0.286. The Morgan fingerprint density at radius 1 is 0.707 bits per heavy atom. The molecule has 0 spiro atoms. The first-order valence-electron chi connectivity index (χ1n) is 24.4. The second kappa shape index (κ2) is 27.6. The van der Waals surface area contributed by atoms with Gasteiger partial charge in [0.15, 0.2) is 0 Å². The lowest BCUT2D eigenvalue weighted by atomic mass is 9.99. The minimum atomic E-state index is -1.77. The highest BCUT2D eigenvalue weighted by molar-refractivity contribution is 8.76. The van der Waals surface area contributed by atoms with Gasteiger partial charge in [-0.1, -0.05) is 96.1 Å². The fourth-order valence-corrected chi connectivity index (χ4v) is 11.1. The van der Waals surface area contributed by atoms with Crippen LogP contribution in [-0.4, -0.2) is 177 Å². The maximum atomic E-state index is 15.1. The molecule has 0 aromatic heterocycles. The Balaban J connectivity index is 1.55. The van der Waals surface area contributed by atoms with E-state index < -0.39 is 139 Å². The fraction of sp³-hybridized carbons (Fsp3) is 0.521. The van der Waals surface area contributed by atoms with Gasteiger partial charge in [0.1, 0.15) is 42.3 Å². The number of carbonyl (C=O) groups excluding carboxylic acids is 11. The summed E-state index contributed by atoms with van der Waals surface area (Å²) in [6.07, 6.45) is -1.08. The van der Waals surface area contributed by atoms with Gasteiger partial charge in [0.25, 0.3) is 11.8 Å². The summed E-state index contributed by atoms with van der Waals surface area (Å²) in [5, 5.41) is 17.9. The summed E-state index contributed by atoms with van der Waals surface area (Å²) in [5.41, 5.74) is 24.2. The molecule has 4 fully saturated rings. The molecule has 6 rings (SSSR count). The smallest absolute Gasteiger partial charge is 0.263 e. The van der Waals surface area contributed by atoms with E-state index in [1.165, 1.54) is 39.2 Å². The van der Waals surface area contributed by atoms with Gasteiger partial charge in [0.2, 0.25) is 53.2 Å². The molecular formula is C48H68N14O11S2. The van der Waals surface area contributed by atoms with Crippen molar-refractivity contribution >= 4 is 86.6 Å². The summed E-state index contributed by atoms with van der Waals surface area (Å²) in [7, 11) is 5.09. The molecule has 13 N–H and O–H groups in total. The molecule has 0 unspecified atom stereocenters. The summed E-state index contributed by atoms with van der Waals surface area (Å²) in [4.78, 5) is 152. The van der Waals surface area contributed by atoms with Gasteiger partial charge in [-0.3, -0.25) is 52.7 Å². The molecule has 11 amide bonds. The molecular weight excluding hydrogens is 1010 g/mol. The number of amides is 11. The zero-order valence-electron chi connectivity index (χ0n) is 42.3. The van der Waals surface area contributed by atoms with E-state index in [1.807, 2.05) is 13.8 Å². The Morgan fingerprint density at radius 2 is 1.27 bits per heavy atom. The first kappa shape index (κ1) is 59.1. The van der Waals surface area contributed by atoms with Gasteiger partial charge >= 0.3 is 0 Å². The van der Waals surface area contributed by atoms with Crippen molar-refractivity contribution in [3.05, 3.63) is 71.8 Å². The van der Waals surface area contributed by atoms with Crippen LogP contribution in [0, 0.1) is 5.92 Å². The maximum Gasteiger partial charge on any atom is 0.263 e. The number of nitrogens with one attached hydrogen (secondary N) is 5. The summed E-state index contributed by atoms with van der Waals surface area (Å²) in [5.74, 6) is -9.52. The molecule has 4 aliphatic heterocycles. The predicted octanol–water partition coefficient (Wildman–Crippen LogP) is -3.07. The monoisotopic (exact) mass is 1080 g/mol. The molecule has 2 aromatic carbocycles. The van der Waals surface area contributed by atoms with Crippen molar-refractivity contribution in [2.45, 2.75) is 114 Å². The first-order chi connectivity index (χ1) is 35.6. The van der Waals surface area contributed by atoms with E-state index in [2.05, 4.69) is 26.6 Å². The van der Waals surface area contributed by atoms with E-state index >= 15 is 4.79 Å². The van der Waals surface area contributed by atoms with Crippen molar-refractivity contribution in [3.63, 3.8) is 0 Å². The molecule has 4 heterocycles. The highest BCUT2D eigenvalue weighted by Gasteiger charge is 2.50. The molecule has 25 nitrogen and oxygen atoms in total. The molecule has 75 heavy (non-hydrogen) atoms. The Bertz CT molecular complexity index is 2420. The van der Waals surface area contributed by atoms with Gasteiger partial charge in [-0.05, 0) is 42.7 Å². The van der Waals surface area contributed by atoms with Crippen LogP contribution in [0.4, 0.5) is 0 Å². The molecule has 0 radical (unpaired) electrons. The molecule has 0 saturated carbocycles. The van der Waals surface area contributed by atoms with Crippen LogP contribution < -0.4 is 49.5 Å². The molecule has 4 saturated heterocycles. The number of hydrazine groups is 3.